The van der Waals surface area contributed by atoms with Gasteiger partial charge in [-0.2, -0.15) is 10.4 Å². The fourth-order valence-electron chi connectivity index (χ4n) is 8.47. The number of nitriles is 1. The van der Waals surface area contributed by atoms with E-state index in [2.05, 4.69) is 47.2 Å². The van der Waals surface area contributed by atoms with Gasteiger partial charge in [-0.25, -0.2) is 0 Å². The van der Waals surface area contributed by atoms with Crippen molar-refractivity contribution in [1.82, 2.24) is 25.6 Å². The molecule has 0 bridgehead atoms. The molecule has 4 aliphatic rings. The number of carbonyl (C=O) groups is 4. The highest BCUT2D eigenvalue weighted by Gasteiger charge is 2.33. The van der Waals surface area contributed by atoms with E-state index in [1.807, 2.05) is 30.3 Å². The zero-order chi connectivity index (χ0) is 40.9. The number of benzene rings is 3. The van der Waals surface area contributed by atoms with Crippen LogP contribution in [0.15, 0.2) is 75.1 Å². The second-order valence-electron chi connectivity index (χ2n) is 15.6. The summed E-state index contributed by atoms with van der Waals surface area (Å²) in [6, 6.07) is 16.5. The summed E-state index contributed by atoms with van der Waals surface area (Å²) in [7, 11) is 0. The Morgan fingerprint density at radius 3 is 2.58 bits per heavy atom. The van der Waals surface area contributed by atoms with Gasteiger partial charge in [-0.1, -0.05) is 28.9 Å². The minimum atomic E-state index is -0.585. The lowest BCUT2D eigenvalue weighted by Crippen LogP contribution is -2.50. The Bertz CT molecular complexity index is 2360. The molecule has 3 N–H and O–H groups in total. The highest BCUT2D eigenvalue weighted by molar-refractivity contribution is 6.31. The molecule has 3 aromatic carbocycles. The van der Waals surface area contributed by atoms with Crippen LogP contribution in [0.2, 0.25) is 5.02 Å². The van der Waals surface area contributed by atoms with Crippen LogP contribution in [0.4, 0.5) is 5.69 Å². The van der Waals surface area contributed by atoms with Gasteiger partial charge in [0.25, 0.3) is 5.91 Å². The van der Waals surface area contributed by atoms with Gasteiger partial charge in [-0.15, -0.1) is 5.11 Å². The molecule has 8 rings (SSSR count). The number of hydrogen-bond donors (Lipinski definition) is 3. The Kier molecular flexibility index (Phi) is 12.3. The van der Waals surface area contributed by atoms with Crippen molar-refractivity contribution in [2.24, 2.45) is 10.2 Å². The van der Waals surface area contributed by atoms with E-state index in [9.17, 15) is 19.2 Å². The number of amides is 4. The summed E-state index contributed by atoms with van der Waals surface area (Å²) in [5, 5.41) is 33.5. The number of nitrogens with one attached hydrogen (secondary N) is 3. The highest BCUT2D eigenvalue weighted by atomic mass is 35.5. The van der Waals surface area contributed by atoms with Crippen LogP contribution in [0.5, 0.6) is 5.75 Å². The first-order valence-electron chi connectivity index (χ1n) is 20.4. The van der Waals surface area contributed by atoms with Crippen molar-refractivity contribution >= 4 is 62.7 Å². The van der Waals surface area contributed by atoms with E-state index in [-0.39, 0.29) is 48.4 Å². The molecular weight excluding hydrogens is 774 g/mol. The van der Waals surface area contributed by atoms with Gasteiger partial charge in [0, 0.05) is 68.6 Å². The maximum atomic E-state index is 13.1. The van der Waals surface area contributed by atoms with Gasteiger partial charge in [0.05, 0.1) is 28.0 Å². The summed E-state index contributed by atoms with van der Waals surface area (Å²) in [5.74, 6) is -0.866. The number of fused-ring (bicyclic) bond motifs is 3. The molecule has 2 unspecified atom stereocenters. The third-order valence-corrected chi connectivity index (χ3v) is 12.1. The molecule has 2 atom stereocenters. The summed E-state index contributed by atoms with van der Waals surface area (Å²) < 4.78 is 11.6. The number of rotatable bonds is 12. The third-order valence-electron chi connectivity index (χ3n) is 11.7. The van der Waals surface area contributed by atoms with Crippen LogP contribution < -0.4 is 20.7 Å². The van der Waals surface area contributed by atoms with E-state index in [4.69, 9.17) is 26.1 Å². The largest absolute Gasteiger partial charge is 0.490 e. The molecule has 16 heteroatoms. The van der Waals surface area contributed by atoms with Crippen molar-refractivity contribution < 1.29 is 28.4 Å². The summed E-state index contributed by atoms with van der Waals surface area (Å²) in [5.41, 5.74) is 2.51. The SMILES string of the molecule is N#Cc1ccc(O[C@H]2CC[C@H](NC(=O)C3=CCC(N4CCN(CCCCC(=O)Nc5cccc6c5ccc5onc(C7CCC(=O)NC7=O)c56)CC4)N=N3)CC2)cc1Cl. The monoisotopic (exact) mass is 819 g/mol. The Labute approximate surface area is 346 Å². The number of ether oxygens (including phenoxy) is 1. The lowest BCUT2D eigenvalue weighted by molar-refractivity contribution is -0.134. The molecule has 1 aromatic heterocycles. The predicted molar refractivity (Wildman–Crippen MR) is 219 cm³/mol. The van der Waals surface area contributed by atoms with Crippen molar-refractivity contribution in [3.05, 3.63) is 76.6 Å². The third kappa shape index (κ3) is 9.30. The van der Waals surface area contributed by atoms with Gasteiger partial charge in [0.15, 0.2) is 5.58 Å². The molecule has 0 spiro atoms. The second kappa shape index (κ2) is 18.1. The summed E-state index contributed by atoms with van der Waals surface area (Å²) in [4.78, 5) is 55.2. The molecule has 59 heavy (non-hydrogen) atoms. The van der Waals surface area contributed by atoms with Gasteiger partial charge >= 0.3 is 0 Å². The first kappa shape index (κ1) is 40.1. The van der Waals surface area contributed by atoms with E-state index >= 15 is 0 Å². The normalized spacial score (nSPS) is 22.7. The number of imide groups is 1. The van der Waals surface area contributed by atoms with Crippen LogP contribution in [-0.2, 0) is 19.2 Å². The standard InChI is InChI=1S/C43H46ClN9O6/c44-33-24-29(10-7-26(33)25-45)58-28-11-8-27(9-12-28)46-43(57)35-15-17-37(50-49-35)53-22-20-52(21-23-53)19-2-1-6-38(54)47-34-5-3-4-31-30(34)13-16-36-40(31)41(51-59-36)32-14-18-39(55)48-42(32)56/h3-5,7,10,13,15-16,24,27-28,32,37H,1-2,6,8-9,11-12,14,17-23H2,(H,46,57)(H,47,54)(H,48,55,56)/t27-,28-,32?,37?. The van der Waals surface area contributed by atoms with Crippen molar-refractivity contribution in [3.8, 4) is 11.8 Å². The molecule has 15 nitrogen and oxygen atoms in total. The number of halogens is 1. The van der Waals surface area contributed by atoms with E-state index in [1.54, 1.807) is 24.3 Å². The average molecular weight is 820 g/mol. The zero-order valence-electron chi connectivity index (χ0n) is 32.6. The molecule has 0 radical (unpaired) electrons. The van der Waals surface area contributed by atoms with Crippen LogP contribution >= 0.6 is 11.6 Å². The lowest BCUT2D eigenvalue weighted by Gasteiger charge is -2.37. The first-order chi connectivity index (χ1) is 28.7. The van der Waals surface area contributed by atoms with Crippen LogP contribution in [-0.4, -0.2) is 89.6 Å². The zero-order valence-corrected chi connectivity index (χ0v) is 33.4. The number of aromatic nitrogens is 1. The Hall–Kier alpha value is -5.69. The average Bonchev–Trinajstić information content (AvgIpc) is 3.68. The molecule has 4 amide bonds. The van der Waals surface area contributed by atoms with Crippen molar-refractivity contribution in [3.63, 3.8) is 0 Å². The number of piperidine rings is 1. The molecular formula is C43H46ClN9O6. The van der Waals surface area contributed by atoms with Gasteiger partial charge in [0.1, 0.15) is 29.4 Å². The first-order valence-corrected chi connectivity index (χ1v) is 20.8. The fourth-order valence-corrected chi connectivity index (χ4v) is 8.69. The molecule has 306 valence electrons. The van der Waals surface area contributed by atoms with Crippen LogP contribution in [0.3, 0.4) is 0 Å². The van der Waals surface area contributed by atoms with E-state index in [0.717, 1.165) is 87.4 Å². The number of nitrogens with zero attached hydrogens (tertiary/aromatic N) is 6. The van der Waals surface area contributed by atoms with Gasteiger partial charge in [-0.05, 0) is 93.3 Å². The molecule has 4 aromatic rings. The summed E-state index contributed by atoms with van der Waals surface area (Å²) >= 11 is 6.15. The fraction of sp³-hybridized carbons (Fsp3) is 0.442. The molecule has 4 heterocycles. The van der Waals surface area contributed by atoms with Gasteiger partial charge in [-0.3, -0.25) is 29.4 Å². The number of unbranched alkanes of at least 4 members (excludes halogenated alkanes) is 1. The van der Waals surface area contributed by atoms with Crippen molar-refractivity contribution in [1.29, 1.82) is 5.26 Å². The second-order valence-corrected chi connectivity index (χ2v) is 16.0. The maximum absolute atomic E-state index is 13.1. The highest BCUT2D eigenvalue weighted by Crippen LogP contribution is 2.37. The molecule has 1 aliphatic carbocycles. The topological polar surface area (TPSA) is 195 Å². The summed E-state index contributed by atoms with van der Waals surface area (Å²) in [6.07, 6.45) is 8.29. The van der Waals surface area contributed by atoms with Crippen molar-refractivity contribution in [2.75, 3.05) is 38.0 Å². The minimum absolute atomic E-state index is 0.0247. The van der Waals surface area contributed by atoms with Crippen LogP contribution in [0.1, 0.15) is 81.4 Å². The maximum Gasteiger partial charge on any atom is 0.271 e. The number of carbonyl (C=O) groups excluding carboxylic acids is 4. The number of azo groups is 1. The van der Waals surface area contributed by atoms with Gasteiger partial charge in [0.2, 0.25) is 17.7 Å². The van der Waals surface area contributed by atoms with Crippen molar-refractivity contribution in [2.45, 2.75) is 88.4 Å². The minimum Gasteiger partial charge on any atom is -0.490 e. The summed E-state index contributed by atoms with van der Waals surface area (Å²) in [6.45, 7) is 4.40. The molecule has 3 fully saturated rings. The quantitative estimate of drug-likeness (QED) is 0.108. The van der Waals surface area contributed by atoms with Crippen LogP contribution in [0.25, 0.3) is 21.7 Å². The van der Waals surface area contributed by atoms with Crippen LogP contribution in [0, 0.1) is 11.3 Å². The molecule has 2 saturated heterocycles. The smallest absolute Gasteiger partial charge is 0.271 e. The van der Waals surface area contributed by atoms with E-state index in [1.165, 1.54) is 0 Å². The lowest BCUT2D eigenvalue weighted by atomic mass is 9.91. The molecule has 1 saturated carbocycles. The van der Waals surface area contributed by atoms with E-state index < -0.39 is 5.92 Å². The Morgan fingerprint density at radius 1 is 1.00 bits per heavy atom. The number of piperazine rings is 1. The Morgan fingerprint density at radius 2 is 1.83 bits per heavy atom. The van der Waals surface area contributed by atoms with E-state index in [0.29, 0.717) is 58.3 Å². The number of anilines is 1. The van der Waals surface area contributed by atoms with Gasteiger partial charge < -0.3 is 24.8 Å². The molecule has 3 aliphatic heterocycles. The Balaban J connectivity index is 0.732. The predicted octanol–water partition coefficient (Wildman–Crippen LogP) is 6.32. The number of hydrogen-bond acceptors (Lipinski definition) is 12.